The molecular formula is C25H24FN3O3S. The van der Waals surface area contributed by atoms with Crippen molar-refractivity contribution in [1.29, 1.82) is 0 Å². The maximum atomic E-state index is 14.5. The monoisotopic (exact) mass is 465 g/mol. The maximum absolute atomic E-state index is 14.5. The largest absolute Gasteiger partial charge is 0.491 e. The van der Waals surface area contributed by atoms with Gasteiger partial charge < -0.3 is 4.74 Å². The van der Waals surface area contributed by atoms with Gasteiger partial charge in [-0.2, -0.15) is 5.10 Å². The summed E-state index contributed by atoms with van der Waals surface area (Å²) in [7, 11) is -3.73. The predicted molar refractivity (Wildman–Crippen MR) is 125 cm³/mol. The quantitative estimate of drug-likeness (QED) is 0.403. The second-order valence-corrected chi connectivity index (χ2v) is 9.27. The molecule has 4 aromatic rings. The molecule has 1 heterocycles. The third-order valence-electron chi connectivity index (χ3n) is 5.10. The van der Waals surface area contributed by atoms with Crippen LogP contribution in [0.4, 0.5) is 4.39 Å². The number of nitrogens with zero attached hydrogens (tertiary/aromatic N) is 2. The molecule has 0 amide bonds. The zero-order valence-electron chi connectivity index (χ0n) is 18.3. The summed E-state index contributed by atoms with van der Waals surface area (Å²) in [5, 5.41) is 4.63. The fraction of sp³-hybridized carbons (Fsp3) is 0.160. The van der Waals surface area contributed by atoms with Crippen LogP contribution in [0, 0.1) is 12.7 Å². The van der Waals surface area contributed by atoms with Gasteiger partial charge in [0.15, 0.2) is 11.6 Å². The smallest absolute Gasteiger partial charge is 0.240 e. The molecule has 0 radical (unpaired) electrons. The molecule has 4 rings (SSSR count). The molecule has 33 heavy (non-hydrogen) atoms. The van der Waals surface area contributed by atoms with Gasteiger partial charge >= 0.3 is 0 Å². The molecule has 6 nitrogen and oxygen atoms in total. The second kappa shape index (κ2) is 9.56. The van der Waals surface area contributed by atoms with Crippen molar-refractivity contribution < 1.29 is 17.5 Å². The van der Waals surface area contributed by atoms with Crippen molar-refractivity contribution in [2.75, 3.05) is 6.61 Å². The van der Waals surface area contributed by atoms with Crippen LogP contribution in [-0.4, -0.2) is 24.8 Å². The van der Waals surface area contributed by atoms with E-state index in [9.17, 15) is 12.8 Å². The Balaban J connectivity index is 1.69. The highest BCUT2D eigenvalue weighted by molar-refractivity contribution is 7.89. The van der Waals surface area contributed by atoms with Crippen LogP contribution in [0.5, 0.6) is 5.75 Å². The number of halogens is 1. The van der Waals surface area contributed by atoms with Gasteiger partial charge in [-0.3, -0.25) is 0 Å². The number of nitrogens with one attached hydrogen (secondary N) is 1. The molecule has 1 aromatic heterocycles. The van der Waals surface area contributed by atoms with Gasteiger partial charge in [-0.25, -0.2) is 22.2 Å². The molecule has 170 valence electrons. The third kappa shape index (κ3) is 5.13. The summed E-state index contributed by atoms with van der Waals surface area (Å²) in [6.45, 7) is 4.02. The molecule has 0 aliphatic rings. The molecule has 0 aliphatic heterocycles. The van der Waals surface area contributed by atoms with Crippen molar-refractivity contribution in [3.05, 3.63) is 95.9 Å². The van der Waals surface area contributed by atoms with Gasteiger partial charge in [0.05, 0.1) is 22.9 Å². The minimum Gasteiger partial charge on any atom is -0.491 e. The minimum absolute atomic E-state index is 0.00674. The molecule has 8 heteroatoms. The topological polar surface area (TPSA) is 73.2 Å². The van der Waals surface area contributed by atoms with Crippen LogP contribution in [-0.2, 0) is 16.6 Å². The van der Waals surface area contributed by atoms with Gasteiger partial charge in [-0.1, -0.05) is 35.9 Å². The Morgan fingerprint density at radius 1 is 1.03 bits per heavy atom. The van der Waals surface area contributed by atoms with E-state index in [1.165, 1.54) is 6.07 Å². The average molecular weight is 466 g/mol. The highest BCUT2D eigenvalue weighted by Gasteiger charge is 2.18. The van der Waals surface area contributed by atoms with Crippen LogP contribution in [0.1, 0.15) is 18.1 Å². The first-order chi connectivity index (χ1) is 15.9. The number of para-hydroxylation sites is 1. The van der Waals surface area contributed by atoms with Crippen LogP contribution in [0.25, 0.3) is 16.9 Å². The normalized spacial score (nSPS) is 11.5. The zero-order valence-corrected chi connectivity index (χ0v) is 19.1. The SMILES string of the molecule is CCOc1ccc(-c2nn(-c3ccccc3)cc2CNS(=O)(=O)c2ccc(C)cc2)cc1F. The summed E-state index contributed by atoms with van der Waals surface area (Å²) < 4.78 is 49.7. The molecule has 0 unspecified atom stereocenters. The maximum Gasteiger partial charge on any atom is 0.240 e. The van der Waals surface area contributed by atoms with E-state index in [1.54, 1.807) is 54.2 Å². The van der Waals surface area contributed by atoms with Crippen LogP contribution >= 0.6 is 0 Å². The number of aryl methyl sites for hydroxylation is 1. The van der Waals surface area contributed by atoms with Crippen LogP contribution in [0.15, 0.2) is 83.9 Å². The summed E-state index contributed by atoms with van der Waals surface area (Å²) in [6, 6.07) is 20.7. The number of hydrogen-bond acceptors (Lipinski definition) is 4. The molecular weight excluding hydrogens is 441 g/mol. The standard InChI is InChI=1S/C25H24FN3O3S/c1-3-32-24-14-11-19(15-23(24)26)25-20(17-29(28-25)21-7-5-4-6-8-21)16-27-33(30,31)22-12-9-18(2)10-13-22/h4-15,17,27H,3,16H2,1-2H3. The Bertz CT molecular complexity index is 1350. The van der Waals surface area contributed by atoms with E-state index < -0.39 is 15.8 Å². The molecule has 0 saturated carbocycles. The van der Waals surface area contributed by atoms with E-state index in [1.807, 2.05) is 37.3 Å². The molecule has 0 spiro atoms. The van der Waals surface area contributed by atoms with Gasteiger partial charge in [-0.05, 0) is 56.3 Å². The first-order valence-electron chi connectivity index (χ1n) is 10.5. The van der Waals surface area contributed by atoms with Crippen molar-refractivity contribution in [1.82, 2.24) is 14.5 Å². The van der Waals surface area contributed by atoms with E-state index in [2.05, 4.69) is 9.82 Å². The average Bonchev–Trinajstić information content (AvgIpc) is 3.25. The number of hydrogen-bond donors (Lipinski definition) is 1. The Hall–Kier alpha value is -3.49. The lowest BCUT2D eigenvalue weighted by Gasteiger charge is -2.09. The second-order valence-electron chi connectivity index (χ2n) is 7.50. The summed E-state index contributed by atoms with van der Waals surface area (Å²) >= 11 is 0. The lowest BCUT2D eigenvalue weighted by molar-refractivity contribution is 0.321. The van der Waals surface area contributed by atoms with Gasteiger partial charge in [-0.15, -0.1) is 0 Å². The van der Waals surface area contributed by atoms with Crippen LogP contribution in [0.2, 0.25) is 0 Å². The van der Waals surface area contributed by atoms with Gasteiger partial charge in [0, 0.05) is 23.9 Å². The summed E-state index contributed by atoms with van der Waals surface area (Å²) in [5.41, 5.74) is 3.39. The van der Waals surface area contributed by atoms with Crippen LogP contribution < -0.4 is 9.46 Å². The van der Waals surface area contributed by atoms with Gasteiger partial charge in [0.1, 0.15) is 0 Å². The van der Waals surface area contributed by atoms with Crippen molar-refractivity contribution >= 4 is 10.0 Å². The number of aromatic nitrogens is 2. The lowest BCUT2D eigenvalue weighted by atomic mass is 10.1. The zero-order chi connectivity index (χ0) is 23.4. The van der Waals surface area contributed by atoms with E-state index in [4.69, 9.17) is 4.74 Å². The minimum atomic E-state index is -3.73. The summed E-state index contributed by atoms with van der Waals surface area (Å²) in [6.07, 6.45) is 1.75. The first-order valence-corrected chi connectivity index (χ1v) is 12.0. The van der Waals surface area contributed by atoms with Crippen molar-refractivity contribution in [3.63, 3.8) is 0 Å². The Kier molecular flexibility index (Phi) is 6.57. The number of ether oxygens (including phenoxy) is 1. The van der Waals surface area contributed by atoms with Crippen molar-refractivity contribution in [2.24, 2.45) is 0 Å². The van der Waals surface area contributed by atoms with Crippen LogP contribution in [0.3, 0.4) is 0 Å². The Morgan fingerprint density at radius 3 is 2.42 bits per heavy atom. The first kappa shape index (κ1) is 22.7. The number of rotatable bonds is 8. The highest BCUT2D eigenvalue weighted by atomic mass is 32.2. The molecule has 1 N–H and O–H groups in total. The molecule has 0 fully saturated rings. The third-order valence-corrected chi connectivity index (χ3v) is 6.52. The predicted octanol–water partition coefficient (Wildman–Crippen LogP) is 4.86. The van der Waals surface area contributed by atoms with Gasteiger partial charge in [0.25, 0.3) is 0 Å². The fourth-order valence-corrected chi connectivity index (χ4v) is 4.40. The van der Waals surface area contributed by atoms with E-state index >= 15 is 0 Å². The van der Waals surface area contributed by atoms with Crippen molar-refractivity contribution in [3.8, 4) is 22.7 Å². The highest BCUT2D eigenvalue weighted by Crippen LogP contribution is 2.28. The van der Waals surface area contributed by atoms with Crippen molar-refractivity contribution in [2.45, 2.75) is 25.3 Å². The number of sulfonamides is 1. The Morgan fingerprint density at radius 2 is 1.76 bits per heavy atom. The van der Waals surface area contributed by atoms with E-state index in [0.717, 1.165) is 11.3 Å². The lowest BCUT2D eigenvalue weighted by Crippen LogP contribution is -2.23. The van der Waals surface area contributed by atoms with E-state index in [0.29, 0.717) is 23.4 Å². The van der Waals surface area contributed by atoms with E-state index in [-0.39, 0.29) is 17.2 Å². The molecule has 0 atom stereocenters. The Labute approximate surface area is 192 Å². The fourth-order valence-electron chi connectivity index (χ4n) is 3.39. The molecule has 3 aromatic carbocycles. The molecule has 0 bridgehead atoms. The summed E-state index contributed by atoms with van der Waals surface area (Å²) in [4.78, 5) is 0.178. The van der Waals surface area contributed by atoms with Gasteiger partial charge in [0.2, 0.25) is 10.0 Å². The summed E-state index contributed by atoms with van der Waals surface area (Å²) in [5.74, 6) is -0.347. The number of benzene rings is 3. The molecule has 0 saturated heterocycles. The molecule has 0 aliphatic carbocycles.